The topological polar surface area (TPSA) is 61.9 Å². The molecule has 0 saturated heterocycles. The molecule has 25 heavy (non-hydrogen) atoms. The Labute approximate surface area is 147 Å². The zero-order valence-electron chi connectivity index (χ0n) is 14.7. The lowest BCUT2D eigenvalue weighted by molar-refractivity contribution is 0.266. The van der Waals surface area contributed by atoms with Crippen molar-refractivity contribution in [2.45, 2.75) is 26.4 Å². The van der Waals surface area contributed by atoms with Crippen LogP contribution in [0.1, 0.15) is 19.4 Å². The number of benzene rings is 1. The van der Waals surface area contributed by atoms with Gasteiger partial charge in [0.2, 0.25) is 0 Å². The summed E-state index contributed by atoms with van der Waals surface area (Å²) in [7, 11) is 2.11. The molecule has 0 radical (unpaired) electrons. The SMILES string of the molecule is CC(C)N(C)Cc1ccc(-c2nc(-c3cccnc3)cc(=O)[nH]2)cc1. The first-order valence-corrected chi connectivity index (χ1v) is 8.34. The summed E-state index contributed by atoms with van der Waals surface area (Å²) in [5.74, 6) is 0.565. The van der Waals surface area contributed by atoms with E-state index in [1.165, 1.54) is 11.6 Å². The minimum absolute atomic E-state index is 0.174. The standard InChI is InChI=1S/C20H22N4O/c1-14(2)24(3)13-15-6-8-16(9-7-15)20-22-18(11-19(25)23-20)17-5-4-10-21-12-17/h4-12,14H,13H2,1-3H3,(H,22,23,25). The third-order valence-electron chi connectivity index (χ3n) is 4.24. The number of aromatic nitrogens is 3. The Bertz CT molecular complexity index is 886. The van der Waals surface area contributed by atoms with Crippen LogP contribution in [0, 0.1) is 0 Å². The summed E-state index contributed by atoms with van der Waals surface area (Å²) in [6, 6.07) is 13.8. The van der Waals surface area contributed by atoms with Crippen LogP contribution in [0.15, 0.2) is 59.7 Å². The van der Waals surface area contributed by atoms with Gasteiger partial charge in [0.25, 0.3) is 5.56 Å². The van der Waals surface area contributed by atoms with Crippen LogP contribution < -0.4 is 5.56 Å². The first kappa shape index (κ1) is 17.0. The van der Waals surface area contributed by atoms with E-state index in [4.69, 9.17) is 0 Å². The van der Waals surface area contributed by atoms with E-state index in [-0.39, 0.29) is 5.56 Å². The van der Waals surface area contributed by atoms with E-state index < -0.39 is 0 Å². The summed E-state index contributed by atoms with van der Waals surface area (Å²) in [5.41, 5.74) is 3.39. The van der Waals surface area contributed by atoms with Gasteiger partial charge in [0.1, 0.15) is 5.82 Å². The van der Waals surface area contributed by atoms with Gasteiger partial charge >= 0.3 is 0 Å². The summed E-state index contributed by atoms with van der Waals surface area (Å²) in [6.07, 6.45) is 3.40. The highest BCUT2D eigenvalue weighted by Crippen LogP contribution is 2.19. The largest absolute Gasteiger partial charge is 0.306 e. The second-order valence-corrected chi connectivity index (χ2v) is 6.43. The number of nitrogens with one attached hydrogen (secondary N) is 1. The second kappa shape index (κ2) is 7.40. The molecule has 128 valence electrons. The molecule has 1 aromatic carbocycles. The molecular formula is C20H22N4O. The molecule has 0 spiro atoms. The molecule has 2 aromatic heterocycles. The smallest absolute Gasteiger partial charge is 0.251 e. The van der Waals surface area contributed by atoms with E-state index in [0.29, 0.717) is 17.6 Å². The van der Waals surface area contributed by atoms with Crippen molar-refractivity contribution >= 4 is 0 Å². The Morgan fingerprint density at radius 3 is 2.52 bits per heavy atom. The number of nitrogens with zero attached hydrogens (tertiary/aromatic N) is 3. The van der Waals surface area contributed by atoms with Crippen LogP contribution in [0.3, 0.4) is 0 Å². The molecule has 3 aromatic rings. The van der Waals surface area contributed by atoms with E-state index in [0.717, 1.165) is 17.7 Å². The van der Waals surface area contributed by atoms with Crippen molar-refractivity contribution in [1.29, 1.82) is 0 Å². The van der Waals surface area contributed by atoms with Gasteiger partial charge in [-0.05, 0) is 38.6 Å². The van der Waals surface area contributed by atoms with E-state index >= 15 is 0 Å². The molecule has 0 aliphatic rings. The number of aromatic amines is 1. The van der Waals surface area contributed by atoms with E-state index in [1.54, 1.807) is 12.4 Å². The summed E-state index contributed by atoms with van der Waals surface area (Å²) in [4.78, 5) is 25.8. The molecule has 5 nitrogen and oxygen atoms in total. The predicted molar refractivity (Wildman–Crippen MR) is 100 cm³/mol. The lowest BCUT2D eigenvalue weighted by atomic mass is 10.1. The summed E-state index contributed by atoms with van der Waals surface area (Å²) >= 11 is 0. The fourth-order valence-electron chi connectivity index (χ4n) is 2.50. The Kier molecular flexibility index (Phi) is 5.05. The van der Waals surface area contributed by atoms with Gasteiger partial charge in [-0.25, -0.2) is 4.98 Å². The van der Waals surface area contributed by atoms with Gasteiger partial charge in [-0.3, -0.25) is 14.7 Å². The first-order chi connectivity index (χ1) is 12.0. The third-order valence-corrected chi connectivity index (χ3v) is 4.24. The van der Waals surface area contributed by atoms with Crippen LogP contribution in [0.25, 0.3) is 22.6 Å². The van der Waals surface area contributed by atoms with Crippen LogP contribution >= 0.6 is 0 Å². The molecule has 2 heterocycles. The van der Waals surface area contributed by atoms with Crippen molar-refractivity contribution in [2.75, 3.05) is 7.05 Å². The molecular weight excluding hydrogens is 312 g/mol. The molecule has 1 N–H and O–H groups in total. The van der Waals surface area contributed by atoms with Crippen molar-refractivity contribution < 1.29 is 0 Å². The van der Waals surface area contributed by atoms with E-state index in [1.807, 2.05) is 24.3 Å². The highest BCUT2D eigenvalue weighted by Gasteiger charge is 2.08. The summed E-state index contributed by atoms with van der Waals surface area (Å²) in [6.45, 7) is 5.23. The van der Waals surface area contributed by atoms with Crippen LogP contribution in [0.2, 0.25) is 0 Å². The maximum atomic E-state index is 12.0. The van der Waals surface area contributed by atoms with Gasteiger partial charge in [0.15, 0.2) is 0 Å². The molecule has 0 aliphatic carbocycles. The predicted octanol–water partition coefficient (Wildman–Crippen LogP) is 3.34. The number of hydrogen-bond donors (Lipinski definition) is 1. The van der Waals surface area contributed by atoms with Gasteiger partial charge in [0.05, 0.1) is 5.69 Å². The normalized spacial score (nSPS) is 11.2. The minimum Gasteiger partial charge on any atom is -0.306 e. The highest BCUT2D eigenvalue weighted by molar-refractivity contribution is 5.62. The molecule has 3 rings (SSSR count). The molecule has 0 aliphatic heterocycles. The van der Waals surface area contributed by atoms with Crippen LogP contribution in [-0.2, 0) is 6.54 Å². The molecule has 0 unspecified atom stereocenters. The molecule has 0 bridgehead atoms. The third kappa shape index (κ3) is 4.19. The lowest BCUT2D eigenvalue weighted by Crippen LogP contribution is -2.25. The molecule has 0 amide bonds. The number of rotatable bonds is 5. The Hall–Kier alpha value is -2.79. The second-order valence-electron chi connectivity index (χ2n) is 6.43. The van der Waals surface area contributed by atoms with Gasteiger partial charge in [-0.2, -0.15) is 0 Å². The van der Waals surface area contributed by atoms with Crippen LogP contribution in [-0.4, -0.2) is 32.9 Å². The van der Waals surface area contributed by atoms with Gasteiger partial charge < -0.3 is 4.98 Å². The van der Waals surface area contributed by atoms with Crippen molar-refractivity contribution in [3.63, 3.8) is 0 Å². The number of pyridine rings is 1. The van der Waals surface area contributed by atoms with Gasteiger partial charge in [-0.1, -0.05) is 24.3 Å². The summed E-state index contributed by atoms with van der Waals surface area (Å²) in [5, 5.41) is 0. The first-order valence-electron chi connectivity index (χ1n) is 8.34. The molecule has 0 fully saturated rings. The Morgan fingerprint density at radius 2 is 1.88 bits per heavy atom. The van der Waals surface area contributed by atoms with Gasteiger partial charge in [0, 0.05) is 42.2 Å². The van der Waals surface area contributed by atoms with Crippen molar-refractivity contribution in [3.05, 3.63) is 70.8 Å². The quantitative estimate of drug-likeness (QED) is 0.777. The van der Waals surface area contributed by atoms with Crippen molar-refractivity contribution in [1.82, 2.24) is 19.9 Å². The molecule has 5 heteroatoms. The fourth-order valence-corrected chi connectivity index (χ4v) is 2.50. The molecule has 0 atom stereocenters. The minimum atomic E-state index is -0.174. The number of H-pyrrole nitrogens is 1. The lowest BCUT2D eigenvalue weighted by Gasteiger charge is -2.21. The van der Waals surface area contributed by atoms with Gasteiger partial charge in [-0.15, -0.1) is 0 Å². The molecule has 0 saturated carbocycles. The average Bonchev–Trinajstić information content (AvgIpc) is 2.62. The Morgan fingerprint density at radius 1 is 1.12 bits per heavy atom. The maximum Gasteiger partial charge on any atom is 0.251 e. The highest BCUT2D eigenvalue weighted by atomic mass is 16.1. The average molecular weight is 334 g/mol. The number of hydrogen-bond acceptors (Lipinski definition) is 4. The fraction of sp³-hybridized carbons (Fsp3) is 0.250. The zero-order valence-corrected chi connectivity index (χ0v) is 14.7. The van der Waals surface area contributed by atoms with Crippen LogP contribution in [0.4, 0.5) is 0 Å². The maximum absolute atomic E-state index is 12.0. The van der Waals surface area contributed by atoms with Crippen molar-refractivity contribution in [3.8, 4) is 22.6 Å². The Balaban J connectivity index is 1.89. The van der Waals surface area contributed by atoms with E-state index in [9.17, 15) is 4.79 Å². The van der Waals surface area contributed by atoms with Crippen molar-refractivity contribution in [2.24, 2.45) is 0 Å². The zero-order chi connectivity index (χ0) is 17.8. The summed E-state index contributed by atoms with van der Waals surface area (Å²) < 4.78 is 0. The van der Waals surface area contributed by atoms with E-state index in [2.05, 4.69) is 52.9 Å². The monoisotopic (exact) mass is 334 g/mol. The van der Waals surface area contributed by atoms with Crippen LogP contribution in [0.5, 0.6) is 0 Å².